The Morgan fingerprint density at radius 3 is 2.92 bits per heavy atom. The van der Waals surface area contributed by atoms with Crippen LogP contribution < -0.4 is 4.90 Å². The summed E-state index contributed by atoms with van der Waals surface area (Å²) < 4.78 is 21.4. The van der Waals surface area contributed by atoms with Gasteiger partial charge in [-0.05, 0) is 31.5 Å². The molecule has 7 heteroatoms. The number of nitrogens with zero attached hydrogens (tertiary/aromatic N) is 4. The number of rotatable bonds is 3. The van der Waals surface area contributed by atoms with E-state index in [0.717, 1.165) is 31.7 Å². The molecule has 0 bridgehead atoms. The van der Waals surface area contributed by atoms with Crippen molar-refractivity contribution in [3.63, 3.8) is 0 Å². The molecule has 1 aromatic heterocycles. The molecule has 6 nitrogen and oxygen atoms in total. The third-order valence-electron chi connectivity index (χ3n) is 5.27. The van der Waals surface area contributed by atoms with E-state index in [0.29, 0.717) is 12.2 Å². The van der Waals surface area contributed by atoms with Crippen LogP contribution in [0, 0.1) is 12.7 Å². The first-order valence-electron chi connectivity index (χ1n) is 8.85. The maximum absolute atomic E-state index is 13.6. The van der Waals surface area contributed by atoms with Crippen LogP contribution in [0.15, 0.2) is 30.5 Å². The van der Waals surface area contributed by atoms with Gasteiger partial charge in [0.2, 0.25) is 0 Å². The molecule has 4 rings (SSSR count). The Hall–Kier alpha value is -2.25. The van der Waals surface area contributed by atoms with E-state index in [1.807, 2.05) is 24.9 Å². The third-order valence-corrected chi connectivity index (χ3v) is 5.27. The van der Waals surface area contributed by atoms with Crippen molar-refractivity contribution in [1.82, 2.24) is 14.7 Å². The van der Waals surface area contributed by atoms with E-state index in [9.17, 15) is 9.18 Å². The van der Waals surface area contributed by atoms with Crippen LogP contribution in [0.25, 0.3) is 0 Å². The fraction of sp³-hybridized carbons (Fsp3) is 0.474. The lowest BCUT2D eigenvalue weighted by atomic mass is 10.00. The van der Waals surface area contributed by atoms with Crippen molar-refractivity contribution < 1.29 is 13.9 Å². The Bertz CT molecular complexity index is 837. The highest BCUT2D eigenvalue weighted by Gasteiger charge is 2.45. The summed E-state index contributed by atoms with van der Waals surface area (Å²) >= 11 is 0. The minimum Gasteiger partial charge on any atom is -0.362 e. The molecule has 2 aliphatic rings. The van der Waals surface area contributed by atoms with Crippen LogP contribution >= 0.6 is 0 Å². The summed E-state index contributed by atoms with van der Waals surface area (Å²) in [5.41, 5.74) is 2.45. The quantitative estimate of drug-likeness (QED) is 0.841. The molecule has 0 saturated carbocycles. The van der Waals surface area contributed by atoms with E-state index < -0.39 is 5.60 Å². The van der Waals surface area contributed by atoms with E-state index in [1.54, 1.807) is 17.0 Å². The van der Waals surface area contributed by atoms with E-state index in [1.165, 1.54) is 17.7 Å². The summed E-state index contributed by atoms with van der Waals surface area (Å²) in [4.78, 5) is 16.3. The number of aryl methyl sites for hydroxylation is 2. The van der Waals surface area contributed by atoms with Crippen LogP contribution in [0.3, 0.4) is 0 Å². The lowest BCUT2D eigenvalue weighted by molar-refractivity contribution is -0.137. The highest BCUT2D eigenvalue weighted by molar-refractivity contribution is 5.95. The van der Waals surface area contributed by atoms with Crippen molar-refractivity contribution in [3.05, 3.63) is 47.5 Å². The summed E-state index contributed by atoms with van der Waals surface area (Å²) in [5, 5.41) is 4.40. The van der Waals surface area contributed by atoms with Gasteiger partial charge in [0.05, 0.1) is 12.2 Å². The van der Waals surface area contributed by atoms with Crippen molar-refractivity contribution in [1.29, 1.82) is 0 Å². The Morgan fingerprint density at radius 1 is 1.35 bits per heavy atom. The largest absolute Gasteiger partial charge is 0.362 e. The Morgan fingerprint density at radius 2 is 2.19 bits per heavy atom. The van der Waals surface area contributed by atoms with Gasteiger partial charge in [0.15, 0.2) is 0 Å². The van der Waals surface area contributed by atoms with Gasteiger partial charge in [-0.1, -0.05) is 6.07 Å². The zero-order chi connectivity index (χ0) is 18.3. The molecule has 2 fully saturated rings. The van der Waals surface area contributed by atoms with Crippen LogP contribution in [-0.2, 0) is 23.1 Å². The SMILES string of the molecule is Cc1nn(C)cc1CN1CCC2(C1)CN(c1cccc(F)c1)C(=O)CO2. The molecule has 26 heavy (non-hydrogen) atoms. The van der Waals surface area contributed by atoms with Crippen molar-refractivity contribution in [2.45, 2.75) is 25.5 Å². The number of carbonyl (C=O) groups excluding carboxylic acids is 1. The van der Waals surface area contributed by atoms with Crippen LogP contribution in [-0.4, -0.2) is 52.4 Å². The molecule has 1 unspecified atom stereocenters. The smallest absolute Gasteiger partial charge is 0.253 e. The number of hydrogen-bond donors (Lipinski definition) is 0. The molecular formula is C19H23FN4O2. The molecule has 1 amide bonds. The van der Waals surface area contributed by atoms with Crippen LogP contribution in [0.5, 0.6) is 0 Å². The Balaban J connectivity index is 1.49. The Labute approximate surface area is 152 Å². The number of hydrogen-bond acceptors (Lipinski definition) is 4. The predicted octanol–water partition coefficient (Wildman–Crippen LogP) is 1.88. The molecule has 3 heterocycles. The van der Waals surface area contributed by atoms with Gasteiger partial charge in [0.1, 0.15) is 18.0 Å². The maximum atomic E-state index is 13.6. The predicted molar refractivity (Wildman–Crippen MR) is 95.3 cm³/mol. The zero-order valence-electron chi connectivity index (χ0n) is 15.1. The number of benzene rings is 1. The summed E-state index contributed by atoms with van der Waals surface area (Å²) in [5.74, 6) is -0.460. The monoisotopic (exact) mass is 358 g/mol. The molecule has 2 aromatic rings. The van der Waals surface area contributed by atoms with E-state index in [2.05, 4.69) is 10.00 Å². The molecule has 1 spiro atoms. The summed E-state index contributed by atoms with van der Waals surface area (Å²) in [6, 6.07) is 6.19. The van der Waals surface area contributed by atoms with Gasteiger partial charge in [-0.25, -0.2) is 4.39 Å². The summed E-state index contributed by atoms with van der Waals surface area (Å²) in [6.45, 7) is 4.98. The topological polar surface area (TPSA) is 50.6 Å². The highest BCUT2D eigenvalue weighted by Crippen LogP contribution is 2.33. The second-order valence-corrected chi connectivity index (χ2v) is 7.31. The maximum Gasteiger partial charge on any atom is 0.253 e. The molecule has 1 atom stereocenters. The van der Waals surface area contributed by atoms with Crippen molar-refractivity contribution in [3.8, 4) is 0 Å². The van der Waals surface area contributed by atoms with Gasteiger partial charge in [-0.3, -0.25) is 14.4 Å². The number of ether oxygens (including phenoxy) is 1. The molecule has 0 radical (unpaired) electrons. The standard InChI is InChI=1S/C19H23FN4O2/c1-14-15(9-22(2)21-14)10-23-7-6-19(12-23)13-24(18(25)11-26-19)17-5-3-4-16(20)8-17/h3-5,8-9H,6-7,10-13H2,1-2H3. The van der Waals surface area contributed by atoms with Gasteiger partial charge in [-0.15, -0.1) is 0 Å². The number of carbonyl (C=O) groups is 1. The Kier molecular flexibility index (Phi) is 4.28. The van der Waals surface area contributed by atoms with Gasteiger partial charge >= 0.3 is 0 Å². The van der Waals surface area contributed by atoms with Crippen molar-refractivity contribution in [2.24, 2.45) is 7.05 Å². The average Bonchev–Trinajstić information content (AvgIpc) is 3.13. The van der Waals surface area contributed by atoms with Gasteiger partial charge in [-0.2, -0.15) is 5.10 Å². The first-order valence-corrected chi connectivity index (χ1v) is 8.85. The average molecular weight is 358 g/mol. The zero-order valence-corrected chi connectivity index (χ0v) is 15.1. The summed E-state index contributed by atoms with van der Waals surface area (Å²) in [7, 11) is 1.93. The van der Waals surface area contributed by atoms with E-state index >= 15 is 0 Å². The van der Waals surface area contributed by atoms with Gasteiger partial charge < -0.3 is 9.64 Å². The normalized spacial score (nSPS) is 24.0. The first kappa shape index (κ1) is 17.2. The number of anilines is 1. The van der Waals surface area contributed by atoms with Crippen LogP contribution in [0.4, 0.5) is 10.1 Å². The second kappa shape index (κ2) is 6.48. The minimum atomic E-state index is -0.393. The molecular weight excluding hydrogens is 335 g/mol. The lowest BCUT2D eigenvalue weighted by Crippen LogP contribution is -2.56. The molecule has 2 aliphatic heterocycles. The molecule has 1 aromatic carbocycles. The minimum absolute atomic E-state index is 0.0380. The lowest BCUT2D eigenvalue weighted by Gasteiger charge is -2.40. The van der Waals surface area contributed by atoms with Gasteiger partial charge in [0.25, 0.3) is 5.91 Å². The highest BCUT2D eigenvalue weighted by atomic mass is 19.1. The summed E-state index contributed by atoms with van der Waals surface area (Å²) in [6.07, 6.45) is 2.90. The van der Waals surface area contributed by atoms with Crippen molar-refractivity contribution >= 4 is 11.6 Å². The van der Waals surface area contributed by atoms with E-state index in [4.69, 9.17) is 4.74 Å². The molecule has 0 aliphatic carbocycles. The van der Waals surface area contributed by atoms with Gasteiger partial charge in [0, 0.05) is 44.1 Å². The number of morpholine rings is 1. The van der Waals surface area contributed by atoms with Crippen LogP contribution in [0.2, 0.25) is 0 Å². The van der Waals surface area contributed by atoms with Crippen molar-refractivity contribution in [2.75, 3.05) is 31.1 Å². The third kappa shape index (κ3) is 3.24. The fourth-order valence-electron chi connectivity index (χ4n) is 3.95. The number of likely N-dealkylation sites (tertiary alicyclic amines) is 1. The number of amides is 1. The molecule has 0 N–H and O–H groups in total. The first-order chi connectivity index (χ1) is 12.4. The number of halogens is 1. The van der Waals surface area contributed by atoms with E-state index in [-0.39, 0.29) is 18.3 Å². The molecule has 2 saturated heterocycles. The number of aromatic nitrogens is 2. The molecule has 138 valence electrons. The van der Waals surface area contributed by atoms with Crippen LogP contribution in [0.1, 0.15) is 17.7 Å². The fourth-order valence-corrected chi connectivity index (χ4v) is 3.95. The second-order valence-electron chi connectivity index (χ2n) is 7.31.